The molecule has 0 rings (SSSR count). The van der Waals surface area contributed by atoms with Gasteiger partial charge in [0.1, 0.15) is 13.2 Å². The predicted molar refractivity (Wildman–Crippen MR) is 303 cm³/mol. The molecule has 0 aromatic carbocycles. The van der Waals surface area contributed by atoms with Crippen molar-refractivity contribution < 1.29 is 28.6 Å². The van der Waals surface area contributed by atoms with Crippen molar-refractivity contribution in [2.24, 2.45) is 0 Å². The molecule has 1 atom stereocenters. The van der Waals surface area contributed by atoms with Crippen molar-refractivity contribution in [2.45, 2.75) is 354 Å². The Hall–Kier alpha value is -2.11. The van der Waals surface area contributed by atoms with E-state index in [1.54, 1.807) is 0 Å². The molecular weight excluding hydrogens is 865 g/mol. The first-order valence-electron chi connectivity index (χ1n) is 31.3. The van der Waals surface area contributed by atoms with Gasteiger partial charge in [0, 0.05) is 19.3 Å². The van der Waals surface area contributed by atoms with Crippen LogP contribution in [0.2, 0.25) is 0 Å². The highest BCUT2D eigenvalue weighted by molar-refractivity contribution is 5.71. The van der Waals surface area contributed by atoms with Gasteiger partial charge in [-0.2, -0.15) is 0 Å². The largest absolute Gasteiger partial charge is 0.462 e. The van der Waals surface area contributed by atoms with Gasteiger partial charge in [-0.15, -0.1) is 0 Å². The minimum absolute atomic E-state index is 0.0725. The second-order valence-electron chi connectivity index (χ2n) is 21.3. The molecule has 0 aliphatic heterocycles. The molecule has 0 fully saturated rings. The summed E-state index contributed by atoms with van der Waals surface area (Å²) < 4.78 is 16.9. The van der Waals surface area contributed by atoms with Crippen LogP contribution in [-0.2, 0) is 28.6 Å². The van der Waals surface area contributed by atoms with Crippen LogP contribution in [0.4, 0.5) is 0 Å². The minimum Gasteiger partial charge on any atom is -0.462 e. The van der Waals surface area contributed by atoms with Gasteiger partial charge in [-0.1, -0.05) is 283 Å². The standard InChI is InChI=1S/C64H120O6/c1-4-7-10-13-16-19-22-25-28-29-30-31-32-33-34-35-37-39-42-45-48-51-54-57-63(66)69-60-61(59-68-62(65)56-53-50-47-44-41-38-27-24-21-18-15-12-9-6-3)70-64(67)58-55-52-49-46-43-40-36-26-23-20-17-14-11-8-5-2/h24,26-27,36,61H,4-23,25,28-35,37-60H2,1-3H3/b27-24-,36-26-. The van der Waals surface area contributed by atoms with Crippen molar-refractivity contribution in [2.75, 3.05) is 13.2 Å². The zero-order valence-electron chi connectivity index (χ0n) is 47.3. The first-order valence-corrected chi connectivity index (χ1v) is 31.3. The van der Waals surface area contributed by atoms with Crippen molar-refractivity contribution >= 4 is 17.9 Å². The summed E-state index contributed by atoms with van der Waals surface area (Å²) >= 11 is 0. The van der Waals surface area contributed by atoms with E-state index in [4.69, 9.17) is 14.2 Å². The first-order chi connectivity index (χ1) is 34.5. The Balaban J connectivity index is 4.26. The second-order valence-corrected chi connectivity index (χ2v) is 21.3. The smallest absolute Gasteiger partial charge is 0.306 e. The molecule has 0 amide bonds. The predicted octanol–water partition coefficient (Wildman–Crippen LogP) is 21.1. The van der Waals surface area contributed by atoms with Crippen LogP contribution in [0.25, 0.3) is 0 Å². The van der Waals surface area contributed by atoms with E-state index < -0.39 is 6.10 Å². The Morgan fingerprint density at radius 2 is 0.471 bits per heavy atom. The van der Waals surface area contributed by atoms with Gasteiger partial charge in [0.2, 0.25) is 0 Å². The Morgan fingerprint density at radius 3 is 0.714 bits per heavy atom. The third kappa shape index (κ3) is 56.8. The summed E-state index contributed by atoms with van der Waals surface area (Å²) in [6.07, 6.45) is 70.4. The number of rotatable bonds is 58. The number of carbonyl (C=O) groups excluding carboxylic acids is 3. The van der Waals surface area contributed by atoms with Crippen LogP contribution < -0.4 is 0 Å². The molecule has 6 nitrogen and oxygen atoms in total. The molecular formula is C64H120O6. The van der Waals surface area contributed by atoms with E-state index in [1.165, 1.54) is 238 Å². The molecule has 0 radical (unpaired) electrons. The summed E-state index contributed by atoms with van der Waals surface area (Å²) in [7, 11) is 0. The van der Waals surface area contributed by atoms with Crippen molar-refractivity contribution in [1.29, 1.82) is 0 Å². The van der Waals surface area contributed by atoms with Crippen molar-refractivity contribution in [3.63, 3.8) is 0 Å². The van der Waals surface area contributed by atoms with Crippen LogP contribution >= 0.6 is 0 Å². The maximum absolute atomic E-state index is 12.9. The van der Waals surface area contributed by atoms with Gasteiger partial charge in [0.15, 0.2) is 6.10 Å². The van der Waals surface area contributed by atoms with E-state index in [2.05, 4.69) is 45.1 Å². The number of hydrogen-bond acceptors (Lipinski definition) is 6. The van der Waals surface area contributed by atoms with Crippen molar-refractivity contribution in [1.82, 2.24) is 0 Å². The molecule has 0 aliphatic rings. The fourth-order valence-electron chi connectivity index (χ4n) is 9.44. The molecule has 0 aliphatic carbocycles. The van der Waals surface area contributed by atoms with Crippen LogP contribution in [0.3, 0.4) is 0 Å². The quantitative estimate of drug-likeness (QED) is 0.0261. The highest BCUT2D eigenvalue weighted by Crippen LogP contribution is 2.17. The zero-order valence-corrected chi connectivity index (χ0v) is 47.3. The minimum atomic E-state index is -0.776. The van der Waals surface area contributed by atoms with Crippen LogP contribution in [-0.4, -0.2) is 37.2 Å². The zero-order chi connectivity index (χ0) is 50.7. The summed E-state index contributed by atoms with van der Waals surface area (Å²) in [5.74, 6) is -0.867. The third-order valence-corrected chi connectivity index (χ3v) is 14.2. The SMILES string of the molecule is CCCCCCC/C=C\CCCCCCCC(=O)OCC(COC(=O)CCCCCCCCCCCCCCCCCCCCCCCCC)OC(=O)CCCCCCC/C=C\CCCCCCCC. The van der Waals surface area contributed by atoms with Gasteiger partial charge in [0.05, 0.1) is 0 Å². The molecule has 0 spiro atoms. The van der Waals surface area contributed by atoms with Crippen LogP contribution in [0.1, 0.15) is 348 Å². The fraction of sp³-hybridized carbons (Fsp3) is 0.891. The molecule has 0 heterocycles. The average molecular weight is 986 g/mol. The summed E-state index contributed by atoms with van der Waals surface area (Å²) in [6.45, 7) is 6.67. The molecule has 0 saturated carbocycles. The van der Waals surface area contributed by atoms with E-state index in [0.717, 1.165) is 70.6 Å². The summed E-state index contributed by atoms with van der Waals surface area (Å²) in [5.41, 5.74) is 0. The normalized spacial score (nSPS) is 12.1. The van der Waals surface area contributed by atoms with Gasteiger partial charge in [-0.05, 0) is 70.6 Å². The number of carbonyl (C=O) groups is 3. The lowest BCUT2D eigenvalue weighted by molar-refractivity contribution is -0.167. The Morgan fingerprint density at radius 1 is 0.271 bits per heavy atom. The lowest BCUT2D eigenvalue weighted by Crippen LogP contribution is -2.30. The second kappa shape index (κ2) is 59.5. The fourth-order valence-corrected chi connectivity index (χ4v) is 9.44. The number of esters is 3. The van der Waals surface area contributed by atoms with Gasteiger partial charge in [-0.3, -0.25) is 14.4 Å². The van der Waals surface area contributed by atoms with E-state index in [-0.39, 0.29) is 31.1 Å². The average Bonchev–Trinajstić information content (AvgIpc) is 3.36. The Kier molecular flexibility index (Phi) is 57.7. The van der Waals surface area contributed by atoms with Gasteiger partial charge < -0.3 is 14.2 Å². The number of unbranched alkanes of at least 4 members (excludes halogenated alkanes) is 43. The molecule has 6 heteroatoms. The molecule has 70 heavy (non-hydrogen) atoms. The molecule has 0 N–H and O–H groups in total. The number of ether oxygens (including phenoxy) is 3. The first kappa shape index (κ1) is 67.9. The summed E-state index contributed by atoms with van der Waals surface area (Å²) in [4.78, 5) is 38.2. The maximum atomic E-state index is 12.9. The Bertz CT molecular complexity index is 1130. The summed E-state index contributed by atoms with van der Waals surface area (Å²) in [5, 5.41) is 0. The van der Waals surface area contributed by atoms with E-state index in [9.17, 15) is 14.4 Å². The molecule has 1 unspecified atom stereocenters. The number of hydrogen-bond donors (Lipinski definition) is 0. The molecule has 0 aromatic heterocycles. The van der Waals surface area contributed by atoms with E-state index in [0.29, 0.717) is 19.3 Å². The van der Waals surface area contributed by atoms with Gasteiger partial charge >= 0.3 is 17.9 Å². The van der Waals surface area contributed by atoms with E-state index >= 15 is 0 Å². The molecule has 0 saturated heterocycles. The van der Waals surface area contributed by atoms with Crippen LogP contribution in [0.5, 0.6) is 0 Å². The van der Waals surface area contributed by atoms with Gasteiger partial charge in [-0.25, -0.2) is 0 Å². The highest BCUT2D eigenvalue weighted by atomic mass is 16.6. The molecule has 412 valence electrons. The lowest BCUT2D eigenvalue weighted by atomic mass is 10.0. The Labute approximate surface area is 436 Å². The van der Waals surface area contributed by atoms with Gasteiger partial charge in [0.25, 0.3) is 0 Å². The monoisotopic (exact) mass is 985 g/mol. The van der Waals surface area contributed by atoms with Crippen molar-refractivity contribution in [3.05, 3.63) is 24.3 Å². The van der Waals surface area contributed by atoms with Crippen LogP contribution in [0.15, 0.2) is 24.3 Å². The van der Waals surface area contributed by atoms with E-state index in [1.807, 2.05) is 0 Å². The topological polar surface area (TPSA) is 78.9 Å². The maximum Gasteiger partial charge on any atom is 0.306 e. The third-order valence-electron chi connectivity index (χ3n) is 14.2. The lowest BCUT2D eigenvalue weighted by Gasteiger charge is -2.18. The number of allylic oxidation sites excluding steroid dienone is 4. The highest BCUT2D eigenvalue weighted by Gasteiger charge is 2.19. The van der Waals surface area contributed by atoms with Crippen molar-refractivity contribution in [3.8, 4) is 0 Å². The van der Waals surface area contributed by atoms with Crippen LogP contribution in [0, 0.1) is 0 Å². The molecule has 0 aromatic rings. The summed E-state index contributed by atoms with van der Waals surface area (Å²) in [6, 6.07) is 0. The molecule has 0 bridgehead atoms.